The van der Waals surface area contributed by atoms with Crippen molar-refractivity contribution in [2.24, 2.45) is 0 Å². The molecule has 4 atom stereocenters. The zero-order valence-electron chi connectivity index (χ0n) is 32.1. The molecule has 0 saturated carbocycles. The van der Waals surface area contributed by atoms with Gasteiger partial charge in [-0.05, 0) is 119 Å². The lowest BCUT2D eigenvalue weighted by atomic mass is 9.73. The van der Waals surface area contributed by atoms with Gasteiger partial charge in [0.15, 0.2) is 0 Å². The molecule has 1 aromatic carbocycles. The minimum Gasteiger partial charge on any atom is -0.398 e. The molecule has 2 aromatic rings. The van der Waals surface area contributed by atoms with E-state index in [0.717, 1.165) is 87.4 Å². The first-order chi connectivity index (χ1) is 24.2. The van der Waals surface area contributed by atoms with Gasteiger partial charge in [0.1, 0.15) is 17.7 Å². The molecule has 7 heteroatoms. The molecule has 7 nitrogen and oxygen atoms in total. The summed E-state index contributed by atoms with van der Waals surface area (Å²) < 4.78 is 0. The van der Waals surface area contributed by atoms with E-state index < -0.39 is 0 Å². The van der Waals surface area contributed by atoms with Gasteiger partial charge in [-0.15, -0.1) is 0 Å². The molecule has 3 fully saturated rings. The van der Waals surface area contributed by atoms with Crippen LogP contribution in [0.2, 0.25) is 0 Å². The van der Waals surface area contributed by atoms with Crippen LogP contribution in [0.5, 0.6) is 0 Å². The third-order valence-corrected chi connectivity index (χ3v) is 12.2. The number of hydrogen-bond acceptors (Lipinski definition) is 7. The number of aromatic nitrogens is 2. The number of nitrogens with two attached hydrogens (primary N) is 1. The zero-order valence-corrected chi connectivity index (χ0v) is 32.1. The number of piperidine rings is 1. The van der Waals surface area contributed by atoms with Crippen molar-refractivity contribution < 1.29 is 0 Å². The molecule has 4 heterocycles. The summed E-state index contributed by atoms with van der Waals surface area (Å²) in [5.41, 5.74) is 14.1. The van der Waals surface area contributed by atoms with Crippen molar-refractivity contribution in [2.45, 2.75) is 147 Å². The lowest BCUT2D eigenvalue weighted by molar-refractivity contribution is 0.135. The summed E-state index contributed by atoms with van der Waals surface area (Å²) in [5.74, 6) is 2.75. The maximum Gasteiger partial charge on any atom is 0.135 e. The lowest BCUT2D eigenvalue weighted by Gasteiger charge is -2.35. The lowest BCUT2D eigenvalue weighted by Crippen LogP contribution is -2.42. The number of benzene rings is 1. The molecule has 3 unspecified atom stereocenters. The Morgan fingerprint density at radius 1 is 1.10 bits per heavy atom. The number of aryl methyl sites for hydroxylation is 1. The maximum absolute atomic E-state index is 10.1. The van der Waals surface area contributed by atoms with Crippen LogP contribution in [-0.4, -0.2) is 64.6 Å². The topological polar surface area (TPSA) is 85.3 Å². The van der Waals surface area contributed by atoms with Crippen LogP contribution in [0.25, 0.3) is 0 Å². The predicted octanol–water partition coefficient (Wildman–Crippen LogP) is 9.07. The largest absolute Gasteiger partial charge is 0.398 e. The van der Waals surface area contributed by atoms with Gasteiger partial charge in [-0.1, -0.05) is 58.9 Å². The van der Waals surface area contributed by atoms with Crippen molar-refractivity contribution in [3.05, 3.63) is 70.8 Å². The van der Waals surface area contributed by atoms with Gasteiger partial charge in [0.05, 0.1) is 11.3 Å². The van der Waals surface area contributed by atoms with E-state index in [1.54, 1.807) is 0 Å². The Bertz CT molecular complexity index is 1520. The van der Waals surface area contributed by atoms with Crippen LogP contribution in [0.1, 0.15) is 150 Å². The molecule has 3 saturated heterocycles. The van der Waals surface area contributed by atoms with Gasteiger partial charge in [-0.3, -0.25) is 4.90 Å². The summed E-state index contributed by atoms with van der Waals surface area (Å²) in [5, 5.41) is 10.1. The van der Waals surface area contributed by atoms with Gasteiger partial charge < -0.3 is 15.5 Å². The molecular weight excluding hydrogens is 615 g/mol. The Kier molecular flexibility index (Phi) is 13.1. The number of hydrogen-bond donors (Lipinski definition) is 1. The highest BCUT2D eigenvalue weighted by molar-refractivity contribution is 5.63. The molecule has 272 valence electrons. The number of likely N-dealkylation sites (tertiary alicyclic amines) is 1. The SMILES string of the molecule is C=C1CN2C(CCC)CCC2(CCc2nc(CC3CC[C@H](C)c4ccc(N)c(C#N)c43)c(CC)c(N(C)CCC)n2)C1.C=CN1CCCCC1. The normalized spacial score (nSPS) is 24.6. The first kappa shape index (κ1) is 37.9. The molecule has 3 aliphatic heterocycles. The third kappa shape index (κ3) is 8.23. The number of nitriles is 1. The van der Waals surface area contributed by atoms with Crippen molar-refractivity contribution in [2.75, 3.05) is 43.9 Å². The van der Waals surface area contributed by atoms with Crippen LogP contribution in [0.15, 0.2) is 37.1 Å². The van der Waals surface area contributed by atoms with E-state index in [9.17, 15) is 5.26 Å². The Morgan fingerprint density at radius 3 is 2.54 bits per heavy atom. The van der Waals surface area contributed by atoms with E-state index in [2.05, 4.69) is 74.7 Å². The van der Waals surface area contributed by atoms with Crippen LogP contribution in [0.3, 0.4) is 0 Å². The average Bonchev–Trinajstić information content (AvgIpc) is 3.62. The van der Waals surface area contributed by atoms with Crippen molar-refractivity contribution >= 4 is 11.5 Å². The Balaban J connectivity index is 0.000000535. The zero-order chi connectivity index (χ0) is 35.8. The summed E-state index contributed by atoms with van der Waals surface area (Å²) in [4.78, 5) is 18.0. The second-order valence-electron chi connectivity index (χ2n) is 15.7. The molecule has 1 aliphatic carbocycles. The fourth-order valence-electron chi connectivity index (χ4n) is 9.61. The van der Waals surface area contributed by atoms with E-state index >= 15 is 0 Å². The highest BCUT2D eigenvalue weighted by Gasteiger charge is 2.49. The summed E-state index contributed by atoms with van der Waals surface area (Å²) >= 11 is 0. The molecule has 0 amide bonds. The molecule has 0 bridgehead atoms. The quantitative estimate of drug-likeness (QED) is 0.177. The smallest absolute Gasteiger partial charge is 0.135 e. The van der Waals surface area contributed by atoms with Gasteiger partial charge in [0, 0.05) is 62.5 Å². The minimum absolute atomic E-state index is 0.219. The van der Waals surface area contributed by atoms with Crippen LogP contribution >= 0.6 is 0 Å². The van der Waals surface area contributed by atoms with Crippen molar-refractivity contribution in [3.63, 3.8) is 0 Å². The van der Waals surface area contributed by atoms with Gasteiger partial charge in [-0.2, -0.15) is 5.26 Å². The van der Waals surface area contributed by atoms with Gasteiger partial charge in [-0.25, -0.2) is 9.97 Å². The van der Waals surface area contributed by atoms with E-state index in [0.29, 0.717) is 23.2 Å². The van der Waals surface area contributed by atoms with Crippen molar-refractivity contribution in [1.29, 1.82) is 5.26 Å². The van der Waals surface area contributed by atoms with E-state index in [1.165, 1.54) is 74.7 Å². The average molecular weight is 680 g/mol. The Morgan fingerprint density at radius 2 is 1.88 bits per heavy atom. The highest BCUT2D eigenvalue weighted by atomic mass is 15.3. The second-order valence-corrected chi connectivity index (χ2v) is 15.7. The molecule has 0 radical (unpaired) electrons. The number of nitrogen functional groups attached to an aromatic ring is 1. The standard InChI is InChI=1S/C36H52N6.C7H13N/c1-7-10-27-15-17-36(21-24(4)23-42(27)36)18-16-33-39-32(28(9-3)35(40-33)41(6)19-8-2)20-26-12-11-25(5)29-13-14-31(38)30(22-37)34(26)29;1-2-8-6-4-3-5-7-8/h13-14,25-27H,4,7-12,15-21,23,38H2,1-3,5-6H3;2H,1,3-7H2/t25-,26?,27?,36?;/m0./s1. The summed E-state index contributed by atoms with van der Waals surface area (Å²) in [7, 11) is 2.18. The van der Waals surface area contributed by atoms with Crippen LogP contribution in [0.4, 0.5) is 11.5 Å². The van der Waals surface area contributed by atoms with Gasteiger partial charge >= 0.3 is 0 Å². The summed E-state index contributed by atoms with van der Waals surface area (Å²) in [6, 6.07) is 7.22. The van der Waals surface area contributed by atoms with Gasteiger partial charge in [0.25, 0.3) is 0 Å². The van der Waals surface area contributed by atoms with Gasteiger partial charge in [0.2, 0.25) is 0 Å². The second kappa shape index (κ2) is 17.2. The summed E-state index contributed by atoms with van der Waals surface area (Å²) in [6.07, 6.45) is 19.2. The third-order valence-electron chi connectivity index (χ3n) is 12.2. The predicted molar refractivity (Wildman–Crippen MR) is 210 cm³/mol. The number of fused-ring (bicyclic) bond motifs is 2. The molecule has 2 N–H and O–H groups in total. The molecule has 50 heavy (non-hydrogen) atoms. The monoisotopic (exact) mass is 680 g/mol. The van der Waals surface area contributed by atoms with E-state index in [-0.39, 0.29) is 11.5 Å². The first-order valence-corrected chi connectivity index (χ1v) is 19.9. The highest BCUT2D eigenvalue weighted by Crippen LogP contribution is 2.48. The van der Waals surface area contributed by atoms with E-state index in [4.69, 9.17) is 15.7 Å². The number of rotatable bonds is 12. The van der Waals surface area contributed by atoms with Crippen LogP contribution < -0.4 is 10.6 Å². The Hall–Kier alpha value is -3.37. The van der Waals surface area contributed by atoms with Crippen LogP contribution in [0, 0.1) is 11.3 Å². The number of nitrogens with zero attached hydrogens (tertiary/aromatic N) is 6. The van der Waals surface area contributed by atoms with Crippen molar-refractivity contribution in [1.82, 2.24) is 19.8 Å². The fourth-order valence-corrected chi connectivity index (χ4v) is 9.61. The van der Waals surface area contributed by atoms with Crippen LogP contribution in [-0.2, 0) is 19.3 Å². The molecular formula is C43H65N7. The fraction of sp³-hybridized carbons (Fsp3) is 0.651. The number of anilines is 2. The molecule has 0 spiro atoms. The minimum atomic E-state index is 0.219. The molecule has 6 rings (SSSR count). The molecule has 1 aromatic heterocycles. The first-order valence-electron chi connectivity index (χ1n) is 19.9. The Labute approximate surface area is 304 Å². The van der Waals surface area contributed by atoms with E-state index in [1.807, 2.05) is 12.3 Å². The summed E-state index contributed by atoms with van der Waals surface area (Å²) in [6.45, 7) is 21.7. The maximum atomic E-state index is 10.1. The van der Waals surface area contributed by atoms with Crippen molar-refractivity contribution in [3.8, 4) is 6.07 Å². The molecule has 4 aliphatic rings.